The Bertz CT molecular complexity index is 2350. The van der Waals surface area contributed by atoms with E-state index in [1.165, 1.54) is 0 Å². The number of hydrogen-bond acceptors (Lipinski definition) is 10. The first-order valence-corrected chi connectivity index (χ1v) is 21.1. The summed E-state index contributed by atoms with van der Waals surface area (Å²) in [6.07, 6.45) is 5.92. The van der Waals surface area contributed by atoms with E-state index in [9.17, 15) is 19.2 Å². The largest absolute Gasteiger partial charge is 0.494 e. The van der Waals surface area contributed by atoms with Crippen LogP contribution in [0.4, 0.5) is 11.4 Å². The Morgan fingerprint density at radius 3 is 2.37 bits per heavy atom. The van der Waals surface area contributed by atoms with E-state index in [0.29, 0.717) is 68.1 Å². The predicted octanol–water partition coefficient (Wildman–Crippen LogP) is 5.52. The van der Waals surface area contributed by atoms with Crippen LogP contribution in [-0.2, 0) is 26.2 Å². The van der Waals surface area contributed by atoms with Crippen LogP contribution >= 0.6 is 0 Å². The molecule has 62 heavy (non-hydrogen) atoms. The topological polar surface area (TPSA) is 189 Å². The van der Waals surface area contributed by atoms with Gasteiger partial charge in [0.05, 0.1) is 36.3 Å². The number of pyridine rings is 1. The van der Waals surface area contributed by atoms with Gasteiger partial charge in [0.15, 0.2) is 0 Å². The van der Waals surface area contributed by atoms with Crippen molar-refractivity contribution in [3.05, 3.63) is 96.4 Å². The van der Waals surface area contributed by atoms with Crippen molar-refractivity contribution in [3.63, 3.8) is 0 Å². The van der Waals surface area contributed by atoms with Crippen molar-refractivity contribution in [1.82, 2.24) is 40.5 Å². The van der Waals surface area contributed by atoms with Gasteiger partial charge in [-0.25, -0.2) is 4.98 Å². The minimum Gasteiger partial charge on any atom is -0.494 e. The number of methoxy groups -OCH3 is 1. The Balaban J connectivity index is 0.886. The lowest BCUT2D eigenvalue weighted by molar-refractivity contribution is -0.145. The van der Waals surface area contributed by atoms with Crippen molar-refractivity contribution in [2.75, 3.05) is 43.6 Å². The number of aryl methyl sites for hydroxylation is 1. The van der Waals surface area contributed by atoms with E-state index < -0.39 is 17.5 Å². The van der Waals surface area contributed by atoms with Gasteiger partial charge in [0.2, 0.25) is 17.7 Å². The van der Waals surface area contributed by atoms with Gasteiger partial charge in [-0.3, -0.25) is 29.0 Å². The highest BCUT2D eigenvalue weighted by Crippen LogP contribution is 2.32. The highest BCUT2D eigenvalue weighted by Gasteiger charge is 2.42. The van der Waals surface area contributed by atoms with Crippen LogP contribution in [0.2, 0.25) is 0 Å². The monoisotopic (exact) mass is 844 g/mol. The van der Waals surface area contributed by atoms with Crippen molar-refractivity contribution in [2.24, 2.45) is 12.5 Å². The summed E-state index contributed by atoms with van der Waals surface area (Å²) in [5.41, 5.74) is 5.27. The number of aromatic nitrogens is 5. The van der Waals surface area contributed by atoms with Gasteiger partial charge in [-0.15, -0.1) is 0 Å². The quantitative estimate of drug-likeness (QED) is 0.111. The summed E-state index contributed by atoms with van der Waals surface area (Å²) < 4.78 is 13.6. The minimum atomic E-state index is -0.850. The zero-order valence-corrected chi connectivity index (χ0v) is 36.2. The summed E-state index contributed by atoms with van der Waals surface area (Å²) in [5.74, 6) is -0.732. The second kappa shape index (κ2) is 19.0. The van der Waals surface area contributed by atoms with Crippen LogP contribution < -0.4 is 25.6 Å². The second-order valence-corrected chi connectivity index (χ2v) is 17.0. The van der Waals surface area contributed by atoms with E-state index in [1.807, 2.05) is 88.0 Å². The lowest BCUT2D eigenvalue weighted by Gasteiger charge is -2.36. The number of hydrogen-bond donors (Lipinski definition) is 4. The molecule has 2 aliphatic rings. The summed E-state index contributed by atoms with van der Waals surface area (Å²) in [5, 5.41) is 20.1. The first-order valence-electron chi connectivity index (χ1n) is 21.1. The number of piperidine rings is 1. The van der Waals surface area contributed by atoms with Gasteiger partial charge >= 0.3 is 0 Å². The number of nitrogens with one attached hydrogen (secondary N) is 4. The molecule has 3 aromatic heterocycles. The second-order valence-electron chi connectivity index (χ2n) is 17.0. The molecule has 2 fully saturated rings. The Hall–Kier alpha value is -6.55. The number of aromatic amines is 1. The molecule has 2 saturated heterocycles. The van der Waals surface area contributed by atoms with Gasteiger partial charge in [-0.05, 0) is 85.5 Å². The number of rotatable bonds is 14. The molecule has 16 nitrogen and oxygen atoms in total. The van der Waals surface area contributed by atoms with E-state index in [-0.39, 0.29) is 48.1 Å². The van der Waals surface area contributed by atoms with E-state index in [2.05, 4.69) is 41.1 Å². The molecule has 7 rings (SSSR count). The molecular weight excluding hydrogens is 789 g/mol. The predicted molar refractivity (Wildman–Crippen MR) is 235 cm³/mol. The summed E-state index contributed by atoms with van der Waals surface area (Å²) in [6, 6.07) is 20.8. The van der Waals surface area contributed by atoms with Gasteiger partial charge < -0.3 is 35.2 Å². The maximum atomic E-state index is 14.1. The molecule has 0 bridgehead atoms. The SMILES string of the molecule is COc1cc(N2CCC(OCC(=O)N[C@H](C(=O)N3CCC[C@H]3C(=O)N[C@@H](C)c3ccc(-c4ccnn4C)cc3)C(C)(C)C)CC2)ccc1NC(=O)c1cccc(-c2cc[nH]n2)n1. The number of benzene rings is 2. The molecule has 0 unspecified atom stereocenters. The normalized spacial score (nSPS) is 16.7. The number of nitrogens with zero attached hydrogens (tertiary/aromatic N) is 6. The molecule has 3 atom stereocenters. The van der Waals surface area contributed by atoms with Crippen LogP contribution in [0.5, 0.6) is 5.75 Å². The highest BCUT2D eigenvalue weighted by atomic mass is 16.5. The van der Waals surface area contributed by atoms with Crippen molar-refractivity contribution in [3.8, 4) is 28.4 Å². The first-order chi connectivity index (χ1) is 29.8. The molecule has 326 valence electrons. The molecule has 4 amide bonds. The van der Waals surface area contributed by atoms with Crippen LogP contribution in [0.3, 0.4) is 0 Å². The fourth-order valence-electron chi connectivity index (χ4n) is 8.06. The van der Waals surface area contributed by atoms with Crippen LogP contribution in [-0.4, -0.2) is 105 Å². The summed E-state index contributed by atoms with van der Waals surface area (Å²) >= 11 is 0. The van der Waals surface area contributed by atoms with Crippen molar-refractivity contribution in [1.29, 1.82) is 0 Å². The number of amides is 4. The molecule has 0 radical (unpaired) electrons. The average Bonchev–Trinajstić information content (AvgIpc) is 4.08. The molecule has 0 aliphatic carbocycles. The highest BCUT2D eigenvalue weighted by molar-refractivity contribution is 6.04. The number of carbonyl (C=O) groups is 4. The maximum absolute atomic E-state index is 14.1. The van der Waals surface area contributed by atoms with E-state index >= 15 is 0 Å². The lowest BCUT2D eigenvalue weighted by Crippen LogP contribution is -2.58. The van der Waals surface area contributed by atoms with Crippen molar-refractivity contribution < 1.29 is 28.7 Å². The standard InChI is InChI=1S/C46H56N10O6/c1-29(30-12-14-31(15-13-30)38-19-23-48-54(38)5)49-44(59)39-11-8-24-56(39)45(60)42(46(2,3)4)52-41(57)28-62-33-20-25-55(26-21-33)32-16-17-36(40(27-32)61-6)51-43(58)37-10-7-9-34(50-37)35-18-22-47-53-35/h7,9-10,12-19,22-23,27,29,33,39,42H,8,11,20-21,24-26,28H2,1-6H3,(H,47,53)(H,49,59)(H,51,58)(H,52,57)/t29-,39-,42+/m0/s1. The van der Waals surface area contributed by atoms with E-state index in [0.717, 1.165) is 22.5 Å². The first kappa shape index (κ1) is 43.5. The Morgan fingerprint density at radius 1 is 0.919 bits per heavy atom. The molecule has 4 N–H and O–H groups in total. The third-order valence-electron chi connectivity index (χ3n) is 11.6. The zero-order chi connectivity index (χ0) is 44.0. The number of carbonyl (C=O) groups excluding carboxylic acids is 4. The van der Waals surface area contributed by atoms with Gasteiger partial charge in [0.25, 0.3) is 5.91 Å². The van der Waals surface area contributed by atoms with Crippen LogP contribution in [0.25, 0.3) is 22.6 Å². The zero-order valence-electron chi connectivity index (χ0n) is 36.2. The number of likely N-dealkylation sites (tertiary alicyclic amines) is 1. The molecule has 16 heteroatoms. The van der Waals surface area contributed by atoms with Crippen molar-refractivity contribution in [2.45, 2.75) is 77.6 Å². The third-order valence-corrected chi connectivity index (χ3v) is 11.6. The fraction of sp³-hybridized carbons (Fsp3) is 0.413. The van der Waals surface area contributed by atoms with Gasteiger partial charge in [-0.2, -0.15) is 10.2 Å². The lowest BCUT2D eigenvalue weighted by atomic mass is 9.85. The van der Waals surface area contributed by atoms with Crippen LogP contribution in [0, 0.1) is 5.41 Å². The maximum Gasteiger partial charge on any atom is 0.274 e. The van der Waals surface area contributed by atoms with E-state index in [1.54, 1.807) is 48.7 Å². The molecule has 0 saturated carbocycles. The summed E-state index contributed by atoms with van der Waals surface area (Å²) in [6.45, 7) is 9.26. The number of ether oxygens (including phenoxy) is 2. The Labute approximate surface area is 361 Å². The summed E-state index contributed by atoms with van der Waals surface area (Å²) in [4.78, 5) is 62.6. The van der Waals surface area contributed by atoms with Crippen LogP contribution in [0.1, 0.15) is 75.5 Å². The minimum absolute atomic E-state index is 0.147. The smallest absolute Gasteiger partial charge is 0.274 e. The molecule has 0 spiro atoms. The van der Waals surface area contributed by atoms with Crippen LogP contribution in [0.15, 0.2) is 85.2 Å². The van der Waals surface area contributed by atoms with Crippen molar-refractivity contribution >= 4 is 35.0 Å². The Kier molecular flexibility index (Phi) is 13.4. The van der Waals surface area contributed by atoms with E-state index in [4.69, 9.17) is 9.47 Å². The summed E-state index contributed by atoms with van der Waals surface area (Å²) in [7, 11) is 3.45. The molecule has 2 aromatic carbocycles. The van der Waals surface area contributed by atoms with Gasteiger partial charge in [-0.1, -0.05) is 51.1 Å². The number of H-pyrrole nitrogens is 1. The molecule has 2 aliphatic heterocycles. The molecule has 5 aromatic rings. The third kappa shape index (κ3) is 10.1. The molecule has 5 heterocycles. The average molecular weight is 845 g/mol. The van der Waals surface area contributed by atoms with Gasteiger partial charge in [0, 0.05) is 50.8 Å². The van der Waals surface area contributed by atoms with Gasteiger partial charge in [0.1, 0.15) is 35.8 Å². The fourth-order valence-corrected chi connectivity index (χ4v) is 8.06. The molecular formula is C46H56N10O6. The Morgan fingerprint density at radius 2 is 1.69 bits per heavy atom. The number of anilines is 2.